The second kappa shape index (κ2) is 8.07. The minimum Gasteiger partial charge on any atom is -0.366 e. The summed E-state index contributed by atoms with van der Waals surface area (Å²) in [6.07, 6.45) is 4.22. The van der Waals surface area contributed by atoms with Gasteiger partial charge < -0.3 is 15.1 Å². The maximum absolute atomic E-state index is 13.1. The molecule has 1 unspecified atom stereocenters. The highest BCUT2D eigenvalue weighted by Crippen LogP contribution is 2.33. The van der Waals surface area contributed by atoms with Crippen LogP contribution in [0.1, 0.15) is 43.0 Å². The molecule has 4 rings (SSSR count). The van der Waals surface area contributed by atoms with Crippen molar-refractivity contribution in [2.75, 3.05) is 44.2 Å². The van der Waals surface area contributed by atoms with E-state index in [0.717, 1.165) is 65.0 Å². The fraction of sp³-hybridized carbons (Fsp3) is 0.667. The van der Waals surface area contributed by atoms with Gasteiger partial charge >= 0.3 is 0 Å². The summed E-state index contributed by atoms with van der Waals surface area (Å²) in [5.41, 5.74) is 1.13. The van der Waals surface area contributed by atoms with Crippen molar-refractivity contribution < 1.29 is 9.72 Å². The molecule has 0 aromatic heterocycles. The van der Waals surface area contributed by atoms with Crippen molar-refractivity contribution in [1.29, 1.82) is 0 Å². The zero-order chi connectivity index (χ0) is 19.7. The van der Waals surface area contributed by atoms with Crippen LogP contribution in [-0.2, 0) is 0 Å². The van der Waals surface area contributed by atoms with Crippen molar-refractivity contribution in [1.82, 2.24) is 10.2 Å². The van der Waals surface area contributed by atoms with Crippen LogP contribution in [0.4, 0.5) is 11.4 Å². The van der Waals surface area contributed by atoms with Crippen molar-refractivity contribution in [3.05, 3.63) is 33.9 Å². The lowest BCUT2D eigenvalue weighted by molar-refractivity contribution is -0.384. The Morgan fingerprint density at radius 2 is 1.86 bits per heavy atom. The van der Waals surface area contributed by atoms with Gasteiger partial charge in [-0.3, -0.25) is 14.9 Å². The molecule has 7 heteroatoms. The number of amides is 1. The minimum atomic E-state index is -0.343. The molecular formula is C21H30N4O3. The van der Waals surface area contributed by atoms with Crippen molar-refractivity contribution in [2.45, 2.75) is 32.6 Å². The van der Waals surface area contributed by atoms with Gasteiger partial charge in [0.25, 0.3) is 11.6 Å². The zero-order valence-corrected chi connectivity index (χ0v) is 16.6. The molecule has 0 saturated carbocycles. The van der Waals surface area contributed by atoms with E-state index in [1.165, 1.54) is 6.07 Å². The molecule has 1 amide bonds. The number of likely N-dealkylation sites (tertiary alicyclic amines) is 1. The number of nitrogens with one attached hydrogen (secondary N) is 1. The third kappa shape index (κ3) is 3.85. The summed E-state index contributed by atoms with van der Waals surface area (Å²) in [6, 6.07) is 5.04. The van der Waals surface area contributed by atoms with Gasteiger partial charge in [-0.15, -0.1) is 0 Å². The largest absolute Gasteiger partial charge is 0.366 e. The summed E-state index contributed by atoms with van der Waals surface area (Å²) in [6.45, 7) is 7.41. The number of piperidine rings is 1. The Morgan fingerprint density at radius 1 is 1.14 bits per heavy atom. The fourth-order valence-corrected chi connectivity index (χ4v) is 5.08. The number of nitro groups is 1. The average Bonchev–Trinajstić information content (AvgIpc) is 3.05. The molecule has 0 radical (unpaired) electrons. The number of benzene rings is 1. The van der Waals surface area contributed by atoms with E-state index >= 15 is 0 Å². The van der Waals surface area contributed by atoms with E-state index in [9.17, 15) is 14.9 Å². The van der Waals surface area contributed by atoms with E-state index in [4.69, 9.17) is 0 Å². The normalized spacial score (nSPS) is 28.0. The molecule has 0 spiro atoms. The SMILES string of the molecule is CC1CCCN(c2ccc(C(=O)N3CC[C@@H]4CNC[C@@H]4CC3)cc2[N+](=O)[O-])C1. The maximum atomic E-state index is 13.1. The first-order chi connectivity index (χ1) is 13.5. The van der Waals surface area contributed by atoms with E-state index in [1.54, 1.807) is 12.1 Å². The first kappa shape index (κ1) is 19.2. The molecule has 28 heavy (non-hydrogen) atoms. The predicted octanol–water partition coefficient (Wildman–Crippen LogP) is 2.90. The van der Waals surface area contributed by atoms with E-state index in [0.29, 0.717) is 29.0 Å². The topological polar surface area (TPSA) is 78.7 Å². The summed E-state index contributed by atoms with van der Waals surface area (Å²) >= 11 is 0. The number of hydrogen-bond acceptors (Lipinski definition) is 5. The predicted molar refractivity (Wildman–Crippen MR) is 109 cm³/mol. The average molecular weight is 386 g/mol. The van der Waals surface area contributed by atoms with Gasteiger partial charge in [-0.1, -0.05) is 6.92 Å². The van der Waals surface area contributed by atoms with Crippen LogP contribution in [0.15, 0.2) is 18.2 Å². The molecule has 152 valence electrons. The van der Waals surface area contributed by atoms with Crippen LogP contribution < -0.4 is 10.2 Å². The van der Waals surface area contributed by atoms with Crippen LogP contribution in [0, 0.1) is 27.9 Å². The van der Waals surface area contributed by atoms with E-state index in [-0.39, 0.29) is 16.5 Å². The maximum Gasteiger partial charge on any atom is 0.293 e. The van der Waals surface area contributed by atoms with Crippen molar-refractivity contribution in [3.63, 3.8) is 0 Å². The molecule has 0 aliphatic carbocycles. The summed E-state index contributed by atoms with van der Waals surface area (Å²) in [5, 5.41) is 15.2. The molecule has 3 aliphatic rings. The van der Waals surface area contributed by atoms with Crippen LogP contribution in [0.5, 0.6) is 0 Å². The number of anilines is 1. The highest BCUT2D eigenvalue weighted by atomic mass is 16.6. The lowest BCUT2D eigenvalue weighted by Crippen LogP contribution is -2.35. The minimum absolute atomic E-state index is 0.0517. The molecule has 3 atom stereocenters. The Kier molecular flexibility index (Phi) is 5.53. The summed E-state index contributed by atoms with van der Waals surface area (Å²) < 4.78 is 0. The second-order valence-corrected chi connectivity index (χ2v) is 8.70. The summed E-state index contributed by atoms with van der Waals surface area (Å²) in [7, 11) is 0. The van der Waals surface area contributed by atoms with Gasteiger partial charge in [-0.05, 0) is 68.7 Å². The van der Waals surface area contributed by atoms with E-state index < -0.39 is 0 Å². The third-order valence-corrected chi connectivity index (χ3v) is 6.72. The fourth-order valence-electron chi connectivity index (χ4n) is 5.08. The lowest BCUT2D eigenvalue weighted by atomic mass is 9.92. The third-order valence-electron chi connectivity index (χ3n) is 6.72. The van der Waals surface area contributed by atoms with Crippen LogP contribution in [0.25, 0.3) is 0 Å². The second-order valence-electron chi connectivity index (χ2n) is 8.70. The molecule has 7 nitrogen and oxygen atoms in total. The van der Waals surface area contributed by atoms with Crippen molar-refractivity contribution in [3.8, 4) is 0 Å². The first-order valence-electron chi connectivity index (χ1n) is 10.6. The monoisotopic (exact) mass is 386 g/mol. The zero-order valence-electron chi connectivity index (χ0n) is 16.6. The Labute approximate surface area is 166 Å². The van der Waals surface area contributed by atoms with Gasteiger partial charge in [0.15, 0.2) is 0 Å². The number of nitro benzene ring substituents is 1. The van der Waals surface area contributed by atoms with E-state index in [1.807, 2.05) is 4.90 Å². The molecule has 1 aromatic carbocycles. The number of nitrogens with zero attached hydrogens (tertiary/aromatic N) is 3. The van der Waals surface area contributed by atoms with Crippen LogP contribution in [-0.4, -0.2) is 55.0 Å². The summed E-state index contributed by atoms with van der Waals surface area (Å²) in [5.74, 6) is 1.75. The van der Waals surface area contributed by atoms with Gasteiger partial charge in [-0.25, -0.2) is 0 Å². The Bertz CT molecular complexity index is 739. The quantitative estimate of drug-likeness (QED) is 0.638. The molecule has 3 fully saturated rings. The van der Waals surface area contributed by atoms with Crippen LogP contribution in [0.2, 0.25) is 0 Å². The number of carbonyl (C=O) groups is 1. The van der Waals surface area contributed by atoms with Crippen LogP contribution >= 0.6 is 0 Å². The van der Waals surface area contributed by atoms with Crippen molar-refractivity contribution >= 4 is 17.3 Å². The molecule has 1 N–H and O–H groups in total. The van der Waals surface area contributed by atoms with Crippen molar-refractivity contribution in [2.24, 2.45) is 17.8 Å². The molecule has 3 heterocycles. The van der Waals surface area contributed by atoms with Gasteiger partial charge in [0.2, 0.25) is 0 Å². The molecular weight excluding hydrogens is 356 g/mol. The highest BCUT2D eigenvalue weighted by molar-refractivity contribution is 5.95. The Hall–Kier alpha value is -2.15. The summed E-state index contributed by atoms with van der Waals surface area (Å²) in [4.78, 5) is 28.4. The Balaban J connectivity index is 1.53. The number of carbonyl (C=O) groups excluding carboxylic acids is 1. The molecule has 0 bridgehead atoms. The highest BCUT2D eigenvalue weighted by Gasteiger charge is 2.32. The van der Waals surface area contributed by atoms with Gasteiger partial charge in [0, 0.05) is 37.8 Å². The van der Waals surface area contributed by atoms with Crippen LogP contribution in [0.3, 0.4) is 0 Å². The number of rotatable bonds is 3. The molecule has 3 aliphatic heterocycles. The van der Waals surface area contributed by atoms with Gasteiger partial charge in [0.05, 0.1) is 4.92 Å². The van der Waals surface area contributed by atoms with E-state index in [2.05, 4.69) is 17.1 Å². The first-order valence-corrected chi connectivity index (χ1v) is 10.6. The molecule has 1 aromatic rings. The van der Waals surface area contributed by atoms with Gasteiger partial charge in [-0.2, -0.15) is 0 Å². The smallest absolute Gasteiger partial charge is 0.293 e. The molecule has 3 saturated heterocycles. The standard InChI is InChI=1S/C21H30N4O3/c1-15-3-2-8-24(14-15)19-5-4-16(11-20(19)25(27)28)21(26)23-9-6-17-12-22-13-18(17)7-10-23/h4-5,11,15,17-18,22H,2-3,6-10,12-14H2,1H3/t15?,17-,18+. The van der Waals surface area contributed by atoms with Gasteiger partial charge in [0.1, 0.15) is 5.69 Å². The Morgan fingerprint density at radius 3 is 2.50 bits per heavy atom. The lowest BCUT2D eigenvalue weighted by Gasteiger charge is -2.32. The number of hydrogen-bond donors (Lipinski definition) is 1. The number of fused-ring (bicyclic) bond motifs is 1.